The van der Waals surface area contributed by atoms with E-state index >= 15 is 0 Å². The van der Waals surface area contributed by atoms with Crippen molar-refractivity contribution in [2.45, 2.75) is 54.0 Å². The molecule has 7 heteroatoms. The van der Waals surface area contributed by atoms with Crippen LogP contribution in [0.1, 0.15) is 47.5 Å². The number of rotatable bonds is 9. The van der Waals surface area contributed by atoms with E-state index in [0.717, 1.165) is 5.57 Å². The van der Waals surface area contributed by atoms with Crippen molar-refractivity contribution in [3.63, 3.8) is 0 Å². The van der Waals surface area contributed by atoms with Crippen molar-refractivity contribution in [2.24, 2.45) is 11.3 Å². The maximum Gasteiger partial charge on any atom is 0.361 e. The molecule has 0 saturated heterocycles. The third-order valence-electron chi connectivity index (χ3n) is 4.44. The van der Waals surface area contributed by atoms with Gasteiger partial charge in [-0.2, -0.15) is 0 Å². The Hall–Kier alpha value is -1.18. The molecule has 0 heterocycles. The smallest absolute Gasteiger partial charge is 0.361 e. The molecule has 1 aliphatic rings. The highest BCUT2D eigenvalue weighted by molar-refractivity contribution is 6.71. The molecule has 0 radical (unpaired) electrons. The Kier molecular flexibility index (Phi) is 8.30. The second kappa shape index (κ2) is 9.50. The summed E-state index contributed by atoms with van der Waals surface area (Å²) in [6, 6.07) is 0. The van der Waals surface area contributed by atoms with Crippen LogP contribution in [0.25, 0.3) is 0 Å². The van der Waals surface area contributed by atoms with Crippen molar-refractivity contribution in [1.29, 1.82) is 0 Å². The highest BCUT2D eigenvalue weighted by atomic mass is 28.4. The van der Waals surface area contributed by atoms with Crippen LogP contribution in [-0.4, -0.2) is 46.9 Å². The summed E-state index contributed by atoms with van der Waals surface area (Å²) in [5.74, 6) is -0.943. The van der Waals surface area contributed by atoms with Gasteiger partial charge in [0.1, 0.15) is 0 Å². The van der Waals surface area contributed by atoms with Gasteiger partial charge >= 0.3 is 20.5 Å². The van der Waals surface area contributed by atoms with Gasteiger partial charge in [0.05, 0.1) is 13.2 Å². The molecule has 1 atom stereocenters. The average molecular weight is 373 g/mol. The highest BCUT2D eigenvalue weighted by Gasteiger charge is 2.55. The molecule has 0 bridgehead atoms. The predicted molar refractivity (Wildman–Crippen MR) is 97.1 cm³/mol. The van der Waals surface area contributed by atoms with Crippen LogP contribution in [0.5, 0.6) is 0 Å². The number of ether oxygens (including phenoxy) is 2. The van der Waals surface area contributed by atoms with E-state index in [1.807, 2.05) is 33.0 Å². The summed E-state index contributed by atoms with van der Waals surface area (Å²) in [5.41, 5.74) is 1.78. The van der Waals surface area contributed by atoms with Crippen molar-refractivity contribution < 1.29 is 27.9 Å². The van der Waals surface area contributed by atoms with Crippen LogP contribution in [-0.2, 0) is 27.9 Å². The molecule has 0 N–H and O–H groups in total. The summed E-state index contributed by atoms with van der Waals surface area (Å²) < 4.78 is 22.1. The Morgan fingerprint density at radius 2 is 1.52 bits per heavy atom. The fourth-order valence-corrected chi connectivity index (χ4v) is 5.87. The molecular weight excluding hydrogens is 340 g/mol. The highest BCUT2D eigenvalue weighted by Crippen LogP contribution is 2.47. The Balaban J connectivity index is 3.20. The number of carbonyl (C=O) groups is 2. The topological polar surface area (TPSA) is 71.1 Å². The molecule has 25 heavy (non-hydrogen) atoms. The van der Waals surface area contributed by atoms with Gasteiger partial charge in [0.2, 0.25) is 0 Å². The second-order valence-electron chi connectivity index (χ2n) is 6.41. The van der Waals surface area contributed by atoms with Crippen molar-refractivity contribution in [1.82, 2.24) is 0 Å². The molecule has 0 aromatic rings. The number of hydrogen-bond donors (Lipinski definition) is 0. The first-order chi connectivity index (χ1) is 11.8. The summed E-state index contributed by atoms with van der Waals surface area (Å²) in [6.07, 6.45) is 0.688. The standard InChI is InChI=1S/C18H32O6Si/c1-7-21-16(19)18(17(20)22-8-2)11-14(5)15(12-18)13-25(6,23-9-3)24-10-4/h13-14H,7-12H2,1-6H3/b15-13-. The molecule has 1 fully saturated rings. The summed E-state index contributed by atoms with van der Waals surface area (Å²) >= 11 is 0. The van der Waals surface area contributed by atoms with Gasteiger partial charge in [0.15, 0.2) is 5.41 Å². The quantitative estimate of drug-likeness (QED) is 0.352. The molecule has 1 unspecified atom stereocenters. The molecule has 0 spiro atoms. The van der Waals surface area contributed by atoms with Gasteiger partial charge in [-0.25, -0.2) is 0 Å². The number of hydrogen-bond acceptors (Lipinski definition) is 6. The first-order valence-electron chi connectivity index (χ1n) is 9.12. The second-order valence-corrected chi connectivity index (χ2v) is 9.30. The van der Waals surface area contributed by atoms with Crippen LogP contribution >= 0.6 is 0 Å². The minimum Gasteiger partial charge on any atom is -0.465 e. The predicted octanol–water partition coefficient (Wildman–Crippen LogP) is 3.14. The van der Waals surface area contributed by atoms with Crippen LogP contribution in [0.4, 0.5) is 0 Å². The zero-order valence-electron chi connectivity index (χ0n) is 16.3. The Bertz CT molecular complexity index is 478. The largest absolute Gasteiger partial charge is 0.465 e. The molecule has 144 valence electrons. The van der Waals surface area contributed by atoms with Gasteiger partial charge in [-0.1, -0.05) is 12.5 Å². The van der Waals surface area contributed by atoms with E-state index in [1.165, 1.54) is 0 Å². The fourth-order valence-electron chi connectivity index (χ4n) is 3.41. The van der Waals surface area contributed by atoms with Gasteiger partial charge in [-0.05, 0) is 58.7 Å². The number of esters is 2. The monoisotopic (exact) mass is 372 g/mol. The minimum absolute atomic E-state index is 0.0570. The van der Waals surface area contributed by atoms with E-state index in [-0.39, 0.29) is 19.1 Å². The molecule has 1 saturated carbocycles. The van der Waals surface area contributed by atoms with Gasteiger partial charge in [0.25, 0.3) is 0 Å². The van der Waals surface area contributed by atoms with Crippen LogP contribution in [0, 0.1) is 11.3 Å². The third kappa shape index (κ3) is 5.15. The lowest BCUT2D eigenvalue weighted by Crippen LogP contribution is -2.40. The van der Waals surface area contributed by atoms with Gasteiger partial charge in [0, 0.05) is 13.2 Å². The molecule has 1 aliphatic carbocycles. The fraction of sp³-hybridized carbons (Fsp3) is 0.778. The van der Waals surface area contributed by atoms with E-state index in [1.54, 1.807) is 13.8 Å². The molecular formula is C18H32O6Si. The zero-order valence-corrected chi connectivity index (χ0v) is 17.3. The van der Waals surface area contributed by atoms with Gasteiger partial charge in [-0.3, -0.25) is 9.59 Å². The Morgan fingerprint density at radius 3 is 1.92 bits per heavy atom. The first-order valence-corrected chi connectivity index (χ1v) is 11.5. The molecule has 0 aromatic heterocycles. The molecule has 0 aliphatic heterocycles. The molecule has 1 rings (SSSR count). The lowest BCUT2D eigenvalue weighted by atomic mass is 9.85. The molecule has 0 amide bonds. The normalized spacial score (nSPS) is 21.4. The summed E-state index contributed by atoms with van der Waals surface area (Å²) in [5, 5.41) is 0. The van der Waals surface area contributed by atoms with Crippen molar-refractivity contribution in [2.75, 3.05) is 26.4 Å². The summed E-state index contributed by atoms with van der Waals surface area (Å²) in [4.78, 5) is 25.2. The number of carbonyl (C=O) groups excluding carboxylic acids is 2. The maximum absolute atomic E-state index is 12.6. The first kappa shape index (κ1) is 21.9. The van der Waals surface area contributed by atoms with E-state index < -0.39 is 25.9 Å². The van der Waals surface area contributed by atoms with E-state index in [2.05, 4.69) is 0 Å². The van der Waals surface area contributed by atoms with Gasteiger partial charge in [-0.15, -0.1) is 0 Å². The van der Waals surface area contributed by atoms with Gasteiger partial charge < -0.3 is 18.3 Å². The minimum atomic E-state index is -2.49. The SMILES string of the molecule is CCOC(=O)C1(C(=O)OCC)C/C(=C/[Si](C)(OCC)OCC)C(C)C1. The van der Waals surface area contributed by atoms with Crippen LogP contribution in [0.3, 0.4) is 0 Å². The van der Waals surface area contributed by atoms with Crippen molar-refractivity contribution >= 4 is 20.5 Å². The van der Waals surface area contributed by atoms with E-state index in [4.69, 9.17) is 18.3 Å². The van der Waals surface area contributed by atoms with Crippen LogP contribution in [0.15, 0.2) is 11.3 Å². The lowest BCUT2D eigenvalue weighted by Gasteiger charge is -2.25. The van der Waals surface area contributed by atoms with Crippen LogP contribution < -0.4 is 0 Å². The molecule has 0 aromatic carbocycles. The average Bonchev–Trinajstić information content (AvgIpc) is 2.86. The van der Waals surface area contributed by atoms with Crippen molar-refractivity contribution in [3.05, 3.63) is 11.3 Å². The lowest BCUT2D eigenvalue weighted by molar-refractivity contribution is -0.171. The van der Waals surface area contributed by atoms with Crippen LogP contribution in [0.2, 0.25) is 6.55 Å². The summed E-state index contributed by atoms with van der Waals surface area (Å²) in [7, 11) is -2.49. The van der Waals surface area contributed by atoms with E-state index in [0.29, 0.717) is 26.1 Å². The van der Waals surface area contributed by atoms with E-state index in [9.17, 15) is 9.59 Å². The zero-order chi connectivity index (χ0) is 19.1. The Morgan fingerprint density at radius 1 is 1.04 bits per heavy atom. The number of allylic oxidation sites excluding steroid dienone is 1. The summed E-state index contributed by atoms with van der Waals surface area (Å²) in [6.45, 7) is 12.9. The maximum atomic E-state index is 12.6. The molecule has 6 nitrogen and oxygen atoms in total. The Labute approximate surface area is 152 Å². The van der Waals surface area contributed by atoms with Crippen molar-refractivity contribution in [3.8, 4) is 0 Å². The third-order valence-corrected chi connectivity index (χ3v) is 7.05.